The van der Waals surface area contributed by atoms with Crippen LogP contribution in [-0.2, 0) is 16.1 Å². The van der Waals surface area contributed by atoms with Gasteiger partial charge in [0.15, 0.2) is 0 Å². The molecule has 2 rings (SSSR count). The number of benzene rings is 1. The van der Waals surface area contributed by atoms with Crippen LogP contribution in [0.15, 0.2) is 30.3 Å². The standard InChI is InChI=1S/C12H14N2O3.ClH/c13-10(15)12(6-7-12)14-11(16)17-8-9-4-2-1-3-5-9;/h1-5H,6-8H2,(H2,13,15)(H,14,16);1H. The predicted molar refractivity (Wildman–Crippen MR) is 68.2 cm³/mol. The van der Waals surface area contributed by atoms with Crippen molar-refractivity contribution in [3.05, 3.63) is 35.9 Å². The first-order valence-corrected chi connectivity index (χ1v) is 5.41. The van der Waals surface area contributed by atoms with Gasteiger partial charge in [-0.3, -0.25) is 4.79 Å². The first-order chi connectivity index (χ1) is 8.12. The highest BCUT2D eigenvalue weighted by molar-refractivity contribution is 5.91. The molecule has 1 fully saturated rings. The first-order valence-electron chi connectivity index (χ1n) is 5.41. The number of hydrogen-bond acceptors (Lipinski definition) is 3. The Morgan fingerprint density at radius 1 is 1.28 bits per heavy atom. The van der Waals surface area contributed by atoms with E-state index in [1.54, 1.807) is 0 Å². The quantitative estimate of drug-likeness (QED) is 0.867. The van der Waals surface area contributed by atoms with Gasteiger partial charge in [0.05, 0.1) is 0 Å². The average Bonchev–Trinajstić information content (AvgIpc) is 3.09. The number of halogens is 1. The van der Waals surface area contributed by atoms with Gasteiger partial charge in [-0.25, -0.2) is 4.79 Å². The zero-order valence-corrected chi connectivity index (χ0v) is 10.5. The monoisotopic (exact) mass is 270 g/mol. The van der Waals surface area contributed by atoms with Crippen molar-refractivity contribution in [2.45, 2.75) is 25.0 Å². The molecular weight excluding hydrogens is 256 g/mol. The highest BCUT2D eigenvalue weighted by Gasteiger charge is 2.50. The van der Waals surface area contributed by atoms with Crippen LogP contribution in [0.5, 0.6) is 0 Å². The van der Waals surface area contributed by atoms with Crippen molar-refractivity contribution in [3.63, 3.8) is 0 Å². The second-order valence-electron chi connectivity index (χ2n) is 4.13. The van der Waals surface area contributed by atoms with E-state index in [1.807, 2.05) is 30.3 Å². The van der Waals surface area contributed by atoms with Crippen LogP contribution in [0.25, 0.3) is 0 Å². The summed E-state index contributed by atoms with van der Waals surface area (Å²) in [6.45, 7) is 0.182. The third-order valence-corrected chi connectivity index (χ3v) is 2.78. The van der Waals surface area contributed by atoms with Crippen molar-refractivity contribution in [2.24, 2.45) is 5.73 Å². The van der Waals surface area contributed by atoms with Crippen molar-refractivity contribution in [1.29, 1.82) is 0 Å². The zero-order chi connectivity index (χ0) is 12.3. The number of carbonyl (C=O) groups excluding carboxylic acids is 2. The highest BCUT2D eigenvalue weighted by atomic mass is 35.5. The normalized spacial score (nSPS) is 15.1. The molecule has 0 bridgehead atoms. The molecule has 98 valence electrons. The average molecular weight is 271 g/mol. The van der Waals surface area contributed by atoms with E-state index in [0.29, 0.717) is 12.8 Å². The molecule has 1 saturated carbocycles. The minimum atomic E-state index is -0.867. The SMILES string of the molecule is Cl.NC(=O)C1(NC(=O)OCc2ccccc2)CC1. The Morgan fingerprint density at radius 2 is 1.89 bits per heavy atom. The molecular formula is C12H15ClN2O3. The molecule has 0 spiro atoms. The van der Waals surface area contributed by atoms with Crippen LogP contribution in [0.2, 0.25) is 0 Å². The van der Waals surface area contributed by atoms with Gasteiger partial charge < -0.3 is 15.8 Å². The molecule has 1 aromatic rings. The summed E-state index contributed by atoms with van der Waals surface area (Å²) in [5, 5.41) is 2.50. The van der Waals surface area contributed by atoms with Gasteiger partial charge in [-0.05, 0) is 18.4 Å². The fraction of sp³-hybridized carbons (Fsp3) is 0.333. The van der Waals surface area contributed by atoms with E-state index in [1.165, 1.54) is 0 Å². The number of amides is 2. The second-order valence-corrected chi connectivity index (χ2v) is 4.13. The van der Waals surface area contributed by atoms with Crippen LogP contribution in [-0.4, -0.2) is 17.5 Å². The van der Waals surface area contributed by atoms with Gasteiger partial charge in [-0.1, -0.05) is 30.3 Å². The van der Waals surface area contributed by atoms with E-state index >= 15 is 0 Å². The Balaban J connectivity index is 0.00000162. The molecule has 0 aliphatic heterocycles. The lowest BCUT2D eigenvalue weighted by Crippen LogP contribution is -2.46. The van der Waals surface area contributed by atoms with E-state index in [-0.39, 0.29) is 19.0 Å². The molecule has 3 N–H and O–H groups in total. The van der Waals surface area contributed by atoms with E-state index < -0.39 is 17.5 Å². The molecule has 1 aliphatic rings. The smallest absolute Gasteiger partial charge is 0.408 e. The zero-order valence-electron chi connectivity index (χ0n) is 9.72. The van der Waals surface area contributed by atoms with Crippen LogP contribution in [0.3, 0.4) is 0 Å². The Labute approximate surface area is 111 Å². The molecule has 18 heavy (non-hydrogen) atoms. The van der Waals surface area contributed by atoms with Crippen LogP contribution >= 0.6 is 12.4 Å². The molecule has 0 radical (unpaired) electrons. The van der Waals surface area contributed by atoms with Crippen LogP contribution in [0, 0.1) is 0 Å². The van der Waals surface area contributed by atoms with Crippen molar-refractivity contribution in [2.75, 3.05) is 0 Å². The topological polar surface area (TPSA) is 81.4 Å². The molecule has 5 nitrogen and oxygen atoms in total. The fourth-order valence-corrected chi connectivity index (χ4v) is 1.51. The summed E-state index contributed by atoms with van der Waals surface area (Å²) >= 11 is 0. The van der Waals surface area contributed by atoms with Gasteiger partial charge in [0.2, 0.25) is 5.91 Å². The van der Waals surface area contributed by atoms with Gasteiger partial charge in [-0.2, -0.15) is 0 Å². The third-order valence-electron chi connectivity index (χ3n) is 2.78. The third kappa shape index (κ3) is 3.37. The lowest BCUT2D eigenvalue weighted by Gasteiger charge is -2.13. The van der Waals surface area contributed by atoms with Gasteiger partial charge in [0, 0.05) is 0 Å². The fourth-order valence-electron chi connectivity index (χ4n) is 1.51. The Kier molecular flexibility index (Phi) is 4.55. The largest absolute Gasteiger partial charge is 0.445 e. The first kappa shape index (κ1) is 14.3. The minimum Gasteiger partial charge on any atom is -0.445 e. The van der Waals surface area contributed by atoms with E-state index in [2.05, 4.69) is 5.32 Å². The van der Waals surface area contributed by atoms with Crippen molar-refractivity contribution in [3.8, 4) is 0 Å². The molecule has 0 unspecified atom stereocenters. The maximum Gasteiger partial charge on any atom is 0.408 e. The predicted octanol–water partition coefficient (Wildman–Crippen LogP) is 1.35. The number of alkyl carbamates (subject to hydrolysis) is 1. The molecule has 6 heteroatoms. The lowest BCUT2D eigenvalue weighted by molar-refractivity contribution is -0.120. The second kappa shape index (κ2) is 5.73. The molecule has 0 atom stereocenters. The minimum absolute atomic E-state index is 0. The van der Waals surface area contributed by atoms with Gasteiger partial charge in [0.1, 0.15) is 12.1 Å². The van der Waals surface area contributed by atoms with E-state index in [0.717, 1.165) is 5.56 Å². The van der Waals surface area contributed by atoms with Gasteiger partial charge >= 0.3 is 6.09 Å². The lowest BCUT2D eigenvalue weighted by atomic mass is 10.2. The number of hydrogen-bond donors (Lipinski definition) is 2. The summed E-state index contributed by atoms with van der Waals surface area (Å²) in [5.41, 5.74) is 5.21. The van der Waals surface area contributed by atoms with Crippen molar-refractivity contribution < 1.29 is 14.3 Å². The summed E-state index contributed by atoms with van der Waals surface area (Å²) < 4.78 is 5.00. The van der Waals surface area contributed by atoms with E-state index in [4.69, 9.17) is 10.5 Å². The van der Waals surface area contributed by atoms with Crippen molar-refractivity contribution >= 4 is 24.4 Å². The van der Waals surface area contributed by atoms with Gasteiger partial charge in [-0.15, -0.1) is 12.4 Å². The number of rotatable bonds is 4. The number of carbonyl (C=O) groups is 2. The number of primary amides is 1. The molecule has 1 aliphatic carbocycles. The van der Waals surface area contributed by atoms with Crippen LogP contribution in [0.4, 0.5) is 4.79 Å². The summed E-state index contributed by atoms with van der Waals surface area (Å²) in [6.07, 6.45) is 0.566. The molecule has 0 heterocycles. The summed E-state index contributed by atoms with van der Waals surface area (Å²) in [4.78, 5) is 22.5. The van der Waals surface area contributed by atoms with Crippen molar-refractivity contribution in [1.82, 2.24) is 5.32 Å². The summed E-state index contributed by atoms with van der Waals surface area (Å²) in [6, 6.07) is 9.32. The Hall–Kier alpha value is -1.75. The molecule has 0 saturated heterocycles. The molecule has 0 aromatic heterocycles. The maximum atomic E-state index is 11.4. The number of nitrogens with two attached hydrogens (primary N) is 1. The highest BCUT2D eigenvalue weighted by Crippen LogP contribution is 2.34. The summed E-state index contributed by atoms with van der Waals surface area (Å²) in [5.74, 6) is -0.505. The van der Waals surface area contributed by atoms with E-state index in [9.17, 15) is 9.59 Å². The summed E-state index contributed by atoms with van der Waals surface area (Å²) in [7, 11) is 0. The van der Waals surface area contributed by atoms with Gasteiger partial charge in [0.25, 0.3) is 0 Å². The molecule has 1 aromatic carbocycles. The van der Waals surface area contributed by atoms with Crippen LogP contribution < -0.4 is 11.1 Å². The Bertz CT molecular complexity index is 432. The Morgan fingerprint density at radius 3 is 2.39 bits per heavy atom. The number of ether oxygens (including phenoxy) is 1. The van der Waals surface area contributed by atoms with Crippen LogP contribution in [0.1, 0.15) is 18.4 Å². The number of nitrogens with one attached hydrogen (secondary N) is 1. The maximum absolute atomic E-state index is 11.4. The molecule has 2 amide bonds.